The average molecular weight is 344 g/mol. The number of nitrogens with zero attached hydrogens (tertiary/aromatic N) is 2. The van der Waals surface area contributed by atoms with Crippen molar-refractivity contribution in [2.75, 3.05) is 17.3 Å². The summed E-state index contributed by atoms with van der Waals surface area (Å²) in [6, 6.07) is 5.40. The molecule has 0 saturated carbocycles. The van der Waals surface area contributed by atoms with Crippen LogP contribution in [-0.2, 0) is 10.5 Å². The molecule has 0 atom stereocenters. The van der Waals surface area contributed by atoms with Gasteiger partial charge in [-0.15, -0.1) is 10.2 Å². The van der Waals surface area contributed by atoms with Gasteiger partial charge in [0.1, 0.15) is 0 Å². The van der Waals surface area contributed by atoms with E-state index in [1.807, 2.05) is 25.3 Å². The molecule has 0 aliphatic rings. The maximum absolute atomic E-state index is 11.8. The van der Waals surface area contributed by atoms with Crippen LogP contribution in [0.5, 0.6) is 0 Å². The van der Waals surface area contributed by atoms with E-state index in [9.17, 15) is 4.79 Å². The molecule has 112 valence electrons. The summed E-state index contributed by atoms with van der Waals surface area (Å²) in [4.78, 5) is 11.8. The smallest absolute Gasteiger partial charge is 0.277 e. The third-order valence-corrected chi connectivity index (χ3v) is 4.26. The maximum Gasteiger partial charge on any atom is 0.277 e. The summed E-state index contributed by atoms with van der Waals surface area (Å²) < 4.78 is 5.38. The molecule has 0 saturated heterocycles. The summed E-state index contributed by atoms with van der Waals surface area (Å²) in [6.45, 7) is 1.91. The standard InChI is InChI=1S/C13H14ClN3O2S2/c1-8-3-4-9(5-10(8)14)15-11(18)6-21-13-17-16-12(19-13)7-20-2/h3-5H,6-7H2,1-2H3,(H,15,18). The molecule has 2 aromatic rings. The molecule has 0 aliphatic heterocycles. The van der Waals surface area contributed by atoms with Crippen LogP contribution in [0.4, 0.5) is 5.69 Å². The number of aryl methyl sites for hydroxylation is 1. The molecule has 1 aromatic carbocycles. The van der Waals surface area contributed by atoms with Gasteiger partial charge in [-0.05, 0) is 30.9 Å². The van der Waals surface area contributed by atoms with Gasteiger partial charge in [0, 0.05) is 10.7 Å². The summed E-state index contributed by atoms with van der Waals surface area (Å²) in [5, 5.41) is 11.6. The molecule has 1 heterocycles. The molecule has 8 heteroatoms. The van der Waals surface area contributed by atoms with Crippen LogP contribution in [0.2, 0.25) is 5.02 Å². The number of nitrogens with one attached hydrogen (secondary N) is 1. The van der Waals surface area contributed by atoms with Crippen molar-refractivity contribution in [3.63, 3.8) is 0 Å². The second kappa shape index (κ2) is 7.72. The van der Waals surface area contributed by atoms with Crippen LogP contribution in [0.25, 0.3) is 0 Å². The molecule has 0 spiro atoms. The molecule has 1 aromatic heterocycles. The minimum atomic E-state index is -0.149. The Balaban J connectivity index is 1.85. The third kappa shape index (κ3) is 4.94. The fourth-order valence-electron chi connectivity index (χ4n) is 1.47. The number of benzene rings is 1. The van der Waals surface area contributed by atoms with Crippen molar-refractivity contribution in [1.82, 2.24) is 10.2 Å². The highest BCUT2D eigenvalue weighted by Crippen LogP contribution is 2.21. The molecular weight excluding hydrogens is 330 g/mol. The molecular formula is C13H14ClN3O2S2. The highest BCUT2D eigenvalue weighted by atomic mass is 35.5. The van der Waals surface area contributed by atoms with Crippen LogP contribution in [0.1, 0.15) is 11.5 Å². The molecule has 0 fully saturated rings. The molecule has 1 N–H and O–H groups in total. The van der Waals surface area contributed by atoms with Gasteiger partial charge in [0.25, 0.3) is 5.22 Å². The Kier molecular flexibility index (Phi) is 5.96. The van der Waals surface area contributed by atoms with E-state index in [2.05, 4.69) is 15.5 Å². The zero-order valence-corrected chi connectivity index (χ0v) is 13.9. The van der Waals surface area contributed by atoms with Crippen LogP contribution >= 0.6 is 35.1 Å². The Morgan fingerprint density at radius 2 is 2.24 bits per heavy atom. The van der Waals surface area contributed by atoms with Crippen molar-refractivity contribution in [1.29, 1.82) is 0 Å². The van der Waals surface area contributed by atoms with Gasteiger partial charge in [-0.3, -0.25) is 4.79 Å². The summed E-state index contributed by atoms with van der Waals surface area (Å²) >= 11 is 8.82. The van der Waals surface area contributed by atoms with E-state index in [-0.39, 0.29) is 11.7 Å². The maximum atomic E-state index is 11.8. The number of aromatic nitrogens is 2. The summed E-state index contributed by atoms with van der Waals surface area (Å²) in [5.41, 5.74) is 1.64. The number of rotatable bonds is 6. The average Bonchev–Trinajstić information content (AvgIpc) is 2.89. The normalized spacial score (nSPS) is 10.6. The number of hydrogen-bond donors (Lipinski definition) is 1. The van der Waals surface area contributed by atoms with Crippen LogP contribution in [0.15, 0.2) is 27.8 Å². The zero-order chi connectivity index (χ0) is 15.2. The largest absolute Gasteiger partial charge is 0.415 e. The first kappa shape index (κ1) is 16.2. The first-order valence-electron chi connectivity index (χ1n) is 6.08. The van der Waals surface area contributed by atoms with Gasteiger partial charge in [0.2, 0.25) is 11.8 Å². The number of halogens is 1. The summed E-state index contributed by atoms with van der Waals surface area (Å²) in [7, 11) is 0. The van der Waals surface area contributed by atoms with E-state index < -0.39 is 0 Å². The molecule has 2 rings (SSSR count). The van der Waals surface area contributed by atoms with E-state index in [1.54, 1.807) is 17.8 Å². The van der Waals surface area contributed by atoms with Gasteiger partial charge >= 0.3 is 0 Å². The van der Waals surface area contributed by atoms with Crippen molar-refractivity contribution in [2.45, 2.75) is 17.9 Å². The molecule has 21 heavy (non-hydrogen) atoms. The van der Waals surface area contributed by atoms with Crippen molar-refractivity contribution >= 4 is 46.7 Å². The first-order valence-corrected chi connectivity index (χ1v) is 8.84. The van der Waals surface area contributed by atoms with E-state index in [0.29, 0.717) is 27.6 Å². The summed E-state index contributed by atoms with van der Waals surface area (Å²) in [6.07, 6.45) is 1.96. The molecule has 0 radical (unpaired) electrons. The van der Waals surface area contributed by atoms with Gasteiger partial charge in [-0.25, -0.2) is 0 Å². The highest BCUT2D eigenvalue weighted by molar-refractivity contribution is 7.99. The van der Waals surface area contributed by atoms with Crippen LogP contribution in [0, 0.1) is 6.92 Å². The number of carbonyl (C=O) groups excluding carboxylic acids is 1. The number of hydrogen-bond acceptors (Lipinski definition) is 6. The van der Waals surface area contributed by atoms with Crippen molar-refractivity contribution in [3.05, 3.63) is 34.7 Å². The number of thioether (sulfide) groups is 2. The highest BCUT2D eigenvalue weighted by Gasteiger charge is 2.10. The van der Waals surface area contributed by atoms with Crippen molar-refractivity contribution in [3.8, 4) is 0 Å². The Hall–Kier alpha value is -1.18. The Bertz CT molecular complexity index is 634. The lowest BCUT2D eigenvalue weighted by atomic mass is 10.2. The van der Waals surface area contributed by atoms with Crippen molar-refractivity contribution < 1.29 is 9.21 Å². The lowest BCUT2D eigenvalue weighted by Gasteiger charge is -2.05. The van der Waals surface area contributed by atoms with Gasteiger partial charge < -0.3 is 9.73 Å². The Morgan fingerprint density at radius 3 is 2.95 bits per heavy atom. The fraction of sp³-hybridized carbons (Fsp3) is 0.308. The van der Waals surface area contributed by atoms with E-state index >= 15 is 0 Å². The lowest BCUT2D eigenvalue weighted by molar-refractivity contribution is -0.113. The van der Waals surface area contributed by atoms with Crippen LogP contribution in [-0.4, -0.2) is 28.1 Å². The number of amides is 1. The minimum absolute atomic E-state index is 0.149. The molecule has 0 bridgehead atoms. The topological polar surface area (TPSA) is 68.0 Å². The molecule has 5 nitrogen and oxygen atoms in total. The van der Waals surface area contributed by atoms with Gasteiger partial charge in [-0.1, -0.05) is 29.4 Å². The molecule has 1 amide bonds. The quantitative estimate of drug-likeness (QED) is 0.808. The molecule has 0 aliphatic carbocycles. The summed E-state index contributed by atoms with van der Waals surface area (Å²) in [5.74, 6) is 1.29. The Labute approximate surface area is 136 Å². The molecule has 0 unspecified atom stereocenters. The van der Waals surface area contributed by atoms with Gasteiger partial charge in [0.15, 0.2) is 0 Å². The van der Waals surface area contributed by atoms with E-state index in [0.717, 1.165) is 5.56 Å². The minimum Gasteiger partial charge on any atom is -0.415 e. The number of carbonyl (C=O) groups is 1. The predicted octanol–water partition coefficient (Wildman–Crippen LogP) is 3.63. The Morgan fingerprint density at radius 1 is 1.43 bits per heavy atom. The fourth-order valence-corrected chi connectivity index (χ4v) is 2.60. The van der Waals surface area contributed by atoms with Crippen molar-refractivity contribution in [2.24, 2.45) is 0 Å². The zero-order valence-electron chi connectivity index (χ0n) is 11.6. The second-order valence-corrected chi connectivity index (χ2v) is 6.40. The number of anilines is 1. The first-order chi connectivity index (χ1) is 10.1. The van der Waals surface area contributed by atoms with E-state index in [4.69, 9.17) is 16.0 Å². The lowest BCUT2D eigenvalue weighted by Crippen LogP contribution is -2.14. The van der Waals surface area contributed by atoms with Crippen LogP contribution < -0.4 is 5.32 Å². The third-order valence-electron chi connectivity index (χ3n) is 2.50. The predicted molar refractivity (Wildman–Crippen MR) is 87.1 cm³/mol. The monoisotopic (exact) mass is 343 g/mol. The second-order valence-electron chi connectivity index (χ2n) is 4.20. The SMILES string of the molecule is CSCc1nnc(SCC(=O)Nc2ccc(C)c(Cl)c2)o1. The van der Waals surface area contributed by atoms with Gasteiger partial charge in [0.05, 0.1) is 11.5 Å². The van der Waals surface area contributed by atoms with Gasteiger partial charge in [-0.2, -0.15) is 11.8 Å². The van der Waals surface area contributed by atoms with E-state index in [1.165, 1.54) is 11.8 Å². The van der Waals surface area contributed by atoms with Crippen LogP contribution in [0.3, 0.4) is 0 Å².